The number of amides is 2. The molecule has 0 bridgehead atoms. The second kappa shape index (κ2) is 11.3. The highest BCUT2D eigenvalue weighted by Gasteiger charge is 2.28. The number of piperidine rings is 1. The number of nitrogens with zero attached hydrogens (tertiary/aromatic N) is 3. The maximum absolute atomic E-state index is 13.3. The SMILES string of the molecule is CC(C)c1cc(C(=O)N2Cc3ccc(CN4CCC(CCN5CCNCC5=O)CC4)cc3C2)c(O)cc1O. The summed E-state index contributed by atoms with van der Waals surface area (Å²) in [7, 11) is 0. The molecule has 0 unspecified atom stereocenters. The lowest BCUT2D eigenvalue weighted by Crippen LogP contribution is -2.48. The van der Waals surface area contributed by atoms with Gasteiger partial charge >= 0.3 is 0 Å². The molecule has 2 aromatic rings. The van der Waals surface area contributed by atoms with E-state index in [-0.39, 0.29) is 34.8 Å². The van der Waals surface area contributed by atoms with Gasteiger partial charge in [0, 0.05) is 45.3 Å². The van der Waals surface area contributed by atoms with Crippen LogP contribution in [-0.2, 0) is 24.4 Å². The molecule has 0 spiro atoms. The number of piperazine rings is 1. The third-order valence-electron chi connectivity index (χ3n) is 8.39. The molecule has 3 aliphatic heterocycles. The Kier molecular flexibility index (Phi) is 7.91. The van der Waals surface area contributed by atoms with Gasteiger partial charge in [-0.05, 0) is 72.5 Å². The number of benzene rings is 2. The van der Waals surface area contributed by atoms with E-state index in [9.17, 15) is 19.8 Å². The Morgan fingerprint density at radius 3 is 2.53 bits per heavy atom. The number of carbonyl (C=O) groups excluding carboxylic acids is 2. The molecule has 0 aromatic heterocycles. The first-order valence-electron chi connectivity index (χ1n) is 13.9. The lowest BCUT2D eigenvalue weighted by molar-refractivity contribution is -0.132. The van der Waals surface area contributed by atoms with Crippen LogP contribution in [0, 0.1) is 5.92 Å². The van der Waals surface area contributed by atoms with Crippen LogP contribution in [0.2, 0.25) is 0 Å². The van der Waals surface area contributed by atoms with E-state index in [1.165, 1.54) is 24.5 Å². The molecule has 2 saturated heterocycles. The van der Waals surface area contributed by atoms with Crippen molar-refractivity contribution in [2.75, 3.05) is 39.3 Å². The number of likely N-dealkylation sites (tertiary alicyclic amines) is 1. The van der Waals surface area contributed by atoms with Crippen LogP contribution >= 0.6 is 0 Å². The van der Waals surface area contributed by atoms with E-state index < -0.39 is 0 Å². The summed E-state index contributed by atoms with van der Waals surface area (Å²) in [4.78, 5) is 31.6. The van der Waals surface area contributed by atoms with Crippen molar-refractivity contribution < 1.29 is 19.8 Å². The van der Waals surface area contributed by atoms with Gasteiger partial charge in [0.1, 0.15) is 11.5 Å². The molecular weight excluding hydrogens is 480 g/mol. The summed E-state index contributed by atoms with van der Waals surface area (Å²) in [6.45, 7) is 11.1. The topological polar surface area (TPSA) is 96.4 Å². The van der Waals surface area contributed by atoms with Gasteiger partial charge in [0.15, 0.2) is 0 Å². The molecule has 8 nitrogen and oxygen atoms in total. The van der Waals surface area contributed by atoms with Gasteiger partial charge in [-0.25, -0.2) is 0 Å². The highest BCUT2D eigenvalue weighted by Crippen LogP contribution is 2.34. The molecule has 8 heteroatoms. The third-order valence-corrected chi connectivity index (χ3v) is 8.39. The van der Waals surface area contributed by atoms with E-state index in [0.717, 1.165) is 56.8 Å². The summed E-state index contributed by atoms with van der Waals surface area (Å²) >= 11 is 0. The molecule has 3 N–H and O–H groups in total. The Morgan fingerprint density at radius 1 is 1.03 bits per heavy atom. The van der Waals surface area contributed by atoms with Crippen LogP contribution in [-0.4, -0.2) is 76.0 Å². The summed E-state index contributed by atoms with van der Waals surface area (Å²) in [5, 5.41) is 23.6. The first-order chi connectivity index (χ1) is 18.3. The molecule has 38 heavy (non-hydrogen) atoms. The number of aromatic hydroxyl groups is 2. The maximum atomic E-state index is 13.3. The van der Waals surface area contributed by atoms with Crippen molar-refractivity contribution in [1.29, 1.82) is 0 Å². The van der Waals surface area contributed by atoms with Crippen LogP contribution in [0.3, 0.4) is 0 Å². The van der Waals surface area contributed by atoms with Crippen molar-refractivity contribution in [1.82, 2.24) is 20.0 Å². The number of phenolic OH excluding ortho intramolecular Hbond substituents is 2. The molecule has 5 rings (SSSR count). The fourth-order valence-electron chi connectivity index (χ4n) is 6.00. The van der Waals surface area contributed by atoms with Crippen LogP contribution in [0.15, 0.2) is 30.3 Å². The average Bonchev–Trinajstić information content (AvgIpc) is 3.32. The summed E-state index contributed by atoms with van der Waals surface area (Å²) in [6.07, 6.45) is 3.43. The number of phenols is 2. The molecule has 0 radical (unpaired) electrons. The van der Waals surface area contributed by atoms with Gasteiger partial charge in [-0.1, -0.05) is 32.0 Å². The highest BCUT2D eigenvalue weighted by molar-refractivity contribution is 5.97. The van der Waals surface area contributed by atoms with Crippen LogP contribution in [0.1, 0.15) is 71.6 Å². The molecule has 0 aliphatic carbocycles. The molecule has 2 amide bonds. The minimum atomic E-state index is -0.216. The normalized spacial score (nSPS) is 18.9. The molecule has 0 saturated carbocycles. The van der Waals surface area contributed by atoms with E-state index in [2.05, 4.69) is 28.4 Å². The Morgan fingerprint density at radius 2 is 1.79 bits per heavy atom. The fourth-order valence-corrected chi connectivity index (χ4v) is 6.00. The van der Waals surface area contributed by atoms with Crippen molar-refractivity contribution >= 4 is 11.8 Å². The minimum absolute atomic E-state index is 0.0158. The predicted molar refractivity (Wildman–Crippen MR) is 146 cm³/mol. The van der Waals surface area contributed by atoms with Gasteiger partial charge in [-0.15, -0.1) is 0 Å². The molecule has 3 heterocycles. The predicted octanol–water partition coefficient (Wildman–Crippen LogP) is 3.41. The summed E-state index contributed by atoms with van der Waals surface area (Å²) in [6, 6.07) is 9.42. The van der Waals surface area contributed by atoms with E-state index in [1.54, 1.807) is 11.0 Å². The van der Waals surface area contributed by atoms with Gasteiger partial charge in [0.05, 0.1) is 12.1 Å². The molecule has 2 fully saturated rings. The lowest BCUT2D eigenvalue weighted by Gasteiger charge is -2.34. The number of carbonyl (C=O) groups is 2. The maximum Gasteiger partial charge on any atom is 0.258 e. The smallest absolute Gasteiger partial charge is 0.258 e. The number of hydrogen-bond acceptors (Lipinski definition) is 6. The lowest BCUT2D eigenvalue weighted by atomic mass is 9.93. The zero-order chi connectivity index (χ0) is 26.8. The van der Waals surface area contributed by atoms with Gasteiger partial charge < -0.3 is 25.3 Å². The number of rotatable bonds is 7. The largest absolute Gasteiger partial charge is 0.508 e. The van der Waals surface area contributed by atoms with E-state index in [0.29, 0.717) is 31.1 Å². The summed E-state index contributed by atoms with van der Waals surface area (Å²) in [5.41, 5.74) is 4.46. The summed E-state index contributed by atoms with van der Waals surface area (Å²) < 4.78 is 0. The van der Waals surface area contributed by atoms with Crippen LogP contribution in [0.5, 0.6) is 11.5 Å². The van der Waals surface area contributed by atoms with Crippen molar-refractivity contribution in [3.8, 4) is 11.5 Å². The first kappa shape index (κ1) is 26.5. The molecule has 2 aromatic carbocycles. The monoisotopic (exact) mass is 520 g/mol. The highest BCUT2D eigenvalue weighted by atomic mass is 16.3. The van der Waals surface area contributed by atoms with Gasteiger partial charge in [0.25, 0.3) is 5.91 Å². The summed E-state index contributed by atoms with van der Waals surface area (Å²) in [5.74, 6) is 0.569. The first-order valence-corrected chi connectivity index (χ1v) is 13.9. The average molecular weight is 521 g/mol. The second-order valence-electron chi connectivity index (χ2n) is 11.4. The Bertz CT molecular complexity index is 1190. The minimum Gasteiger partial charge on any atom is -0.508 e. The van der Waals surface area contributed by atoms with Crippen LogP contribution < -0.4 is 5.32 Å². The second-order valence-corrected chi connectivity index (χ2v) is 11.4. The van der Waals surface area contributed by atoms with Crippen molar-refractivity contribution in [3.05, 3.63) is 58.1 Å². The molecular formula is C30H40N4O4. The Labute approximate surface area is 225 Å². The Balaban J connectivity index is 1.14. The van der Waals surface area contributed by atoms with E-state index in [1.807, 2.05) is 18.7 Å². The van der Waals surface area contributed by atoms with Crippen molar-refractivity contribution in [2.45, 2.75) is 58.7 Å². The quantitative estimate of drug-likeness (QED) is 0.518. The van der Waals surface area contributed by atoms with Gasteiger partial charge in [-0.3, -0.25) is 14.5 Å². The molecule has 0 atom stereocenters. The number of hydrogen-bond donors (Lipinski definition) is 3. The van der Waals surface area contributed by atoms with Crippen molar-refractivity contribution in [3.63, 3.8) is 0 Å². The third kappa shape index (κ3) is 5.81. The van der Waals surface area contributed by atoms with E-state index in [4.69, 9.17) is 0 Å². The van der Waals surface area contributed by atoms with Crippen LogP contribution in [0.25, 0.3) is 0 Å². The standard InChI is InChI=1S/C30H40N4O4/c1-20(2)25-14-26(28(36)15-27(25)35)30(38)34-18-23-4-3-22(13-24(23)19-34)17-32-9-5-21(6-10-32)7-11-33-12-8-31-16-29(33)37/h3-4,13-15,20-21,31,35-36H,5-12,16-19H2,1-2H3. The number of fused-ring (bicyclic) bond motifs is 1. The fraction of sp³-hybridized carbons (Fsp3) is 0.533. The van der Waals surface area contributed by atoms with Crippen LogP contribution in [0.4, 0.5) is 0 Å². The zero-order valence-corrected chi connectivity index (χ0v) is 22.6. The number of nitrogens with one attached hydrogen (secondary N) is 1. The van der Waals surface area contributed by atoms with Gasteiger partial charge in [0.2, 0.25) is 5.91 Å². The van der Waals surface area contributed by atoms with E-state index >= 15 is 0 Å². The van der Waals surface area contributed by atoms with Crippen molar-refractivity contribution in [2.24, 2.45) is 5.92 Å². The van der Waals surface area contributed by atoms with Gasteiger partial charge in [-0.2, -0.15) is 0 Å². The zero-order valence-electron chi connectivity index (χ0n) is 22.6. The Hall–Kier alpha value is -3.10. The molecule has 204 valence electrons. The molecule has 3 aliphatic rings.